The summed E-state index contributed by atoms with van der Waals surface area (Å²) >= 11 is 0. The molecule has 2 aromatic carbocycles. The molecule has 1 heterocycles. The molecule has 0 spiro atoms. The van der Waals surface area contributed by atoms with E-state index in [2.05, 4.69) is 5.92 Å². The van der Waals surface area contributed by atoms with Crippen LogP contribution in [0.1, 0.15) is 23.6 Å². The fraction of sp³-hybridized carbons (Fsp3) is 0.250. The van der Waals surface area contributed by atoms with Crippen molar-refractivity contribution in [3.63, 3.8) is 0 Å². The van der Waals surface area contributed by atoms with Gasteiger partial charge in [0.25, 0.3) is 5.91 Å². The van der Waals surface area contributed by atoms with Crippen LogP contribution in [0, 0.1) is 23.7 Å². The monoisotopic (exact) mass is 484 g/mol. The van der Waals surface area contributed by atoms with Crippen LogP contribution in [0.15, 0.2) is 42.5 Å². The van der Waals surface area contributed by atoms with Crippen molar-refractivity contribution < 1.29 is 32.3 Å². The van der Waals surface area contributed by atoms with Gasteiger partial charge in [-0.25, -0.2) is 14.5 Å². The van der Waals surface area contributed by atoms with Gasteiger partial charge >= 0.3 is 18.3 Å². The minimum atomic E-state index is -4.88. The first-order valence-electron chi connectivity index (χ1n) is 10.1. The van der Waals surface area contributed by atoms with Crippen LogP contribution in [-0.4, -0.2) is 48.5 Å². The highest BCUT2D eigenvalue weighted by Gasteiger charge is 2.56. The molecule has 1 atom stereocenters. The van der Waals surface area contributed by atoms with Gasteiger partial charge in [-0.2, -0.15) is 18.4 Å². The molecule has 0 saturated carbocycles. The molecule has 1 fully saturated rings. The van der Waals surface area contributed by atoms with Gasteiger partial charge in [0.15, 0.2) is 0 Å². The lowest BCUT2D eigenvalue weighted by Gasteiger charge is -2.30. The van der Waals surface area contributed by atoms with Gasteiger partial charge in [0.1, 0.15) is 11.3 Å². The van der Waals surface area contributed by atoms with Gasteiger partial charge < -0.3 is 9.64 Å². The van der Waals surface area contributed by atoms with Crippen LogP contribution in [0.3, 0.4) is 0 Å². The van der Waals surface area contributed by atoms with Crippen molar-refractivity contribution in [3.05, 3.63) is 59.2 Å². The van der Waals surface area contributed by atoms with E-state index in [1.54, 1.807) is 0 Å². The molecule has 35 heavy (non-hydrogen) atoms. The van der Waals surface area contributed by atoms with E-state index in [9.17, 15) is 27.6 Å². The second kappa shape index (κ2) is 9.03. The number of urea groups is 1. The lowest BCUT2D eigenvalue weighted by molar-refractivity contribution is -0.137. The number of hydrogen-bond donors (Lipinski definition) is 0. The molecule has 1 unspecified atom stereocenters. The maximum absolute atomic E-state index is 13.5. The van der Waals surface area contributed by atoms with Crippen molar-refractivity contribution in [1.29, 1.82) is 5.26 Å². The van der Waals surface area contributed by atoms with Crippen LogP contribution in [-0.2, 0) is 16.5 Å². The predicted molar refractivity (Wildman–Crippen MR) is 118 cm³/mol. The summed E-state index contributed by atoms with van der Waals surface area (Å²) in [6.45, 7) is 1.11. The summed E-state index contributed by atoms with van der Waals surface area (Å²) < 4.78 is 45.6. The van der Waals surface area contributed by atoms with E-state index >= 15 is 0 Å². The summed E-state index contributed by atoms with van der Waals surface area (Å²) in [5.41, 5.74) is -3.65. The van der Waals surface area contributed by atoms with E-state index in [1.807, 2.05) is 0 Å². The van der Waals surface area contributed by atoms with E-state index in [0.717, 1.165) is 17.0 Å². The van der Waals surface area contributed by atoms with Gasteiger partial charge in [-0.1, -0.05) is 18.1 Å². The van der Waals surface area contributed by atoms with Gasteiger partial charge in [0, 0.05) is 14.1 Å². The van der Waals surface area contributed by atoms with Crippen LogP contribution >= 0.6 is 0 Å². The Labute approximate surface area is 199 Å². The summed E-state index contributed by atoms with van der Waals surface area (Å²) in [6.07, 6.45) is -0.103. The average molecular weight is 484 g/mol. The Balaban J connectivity index is 2.07. The van der Waals surface area contributed by atoms with Crippen LogP contribution in [0.2, 0.25) is 0 Å². The minimum Gasteiger partial charge on any atom is -0.410 e. The van der Waals surface area contributed by atoms with Crippen molar-refractivity contribution >= 4 is 23.7 Å². The summed E-state index contributed by atoms with van der Waals surface area (Å²) in [5, 5.41) is 9.03. The number of carbonyl (C=O) groups excluding carboxylic acids is 3. The number of terminal acetylenes is 1. The molecular weight excluding hydrogens is 465 g/mol. The second-order valence-electron chi connectivity index (χ2n) is 7.91. The van der Waals surface area contributed by atoms with Crippen molar-refractivity contribution in [1.82, 2.24) is 9.80 Å². The fourth-order valence-corrected chi connectivity index (χ4v) is 3.60. The van der Waals surface area contributed by atoms with Crippen LogP contribution in [0.25, 0.3) is 0 Å². The Morgan fingerprint density at radius 1 is 1.17 bits per heavy atom. The smallest absolute Gasteiger partial charge is 0.410 e. The molecule has 0 aliphatic carbocycles. The minimum absolute atomic E-state index is 0.176. The number of rotatable bonds is 4. The fourth-order valence-electron chi connectivity index (χ4n) is 3.60. The molecule has 8 nitrogen and oxygen atoms in total. The number of halogens is 3. The number of benzene rings is 2. The molecule has 1 aliphatic heterocycles. The normalized spacial score (nSPS) is 17.7. The summed E-state index contributed by atoms with van der Waals surface area (Å²) in [4.78, 5) is 41.4. The molecule has 11 heteroatoms. The van der Waals surface area contributed by atoms with E-state index in [-0.39, 0.29) is 18.0 Å². The van der Waals surface area contributed by atoms with Gasteiger partial charge in [-0.3, -0.25) is 9.69 Å². The first-order valence-corrected chi connectivity index (χ1v) is 10.1. The zero-order valence-corrected chi connectivity index (χ0v) is 18.9. The van der Waals surface area contributed by atoms with Gasteiger partial charge in [0.2, 0.25) is 0 Å². The molecule has 0 radical (unpaired) electrons. The van der Waals surface area contributed by atoms with Crippen molar-refractivity contribution in [2.45, 2.75) is 18.6 Å². The molecule has 180 valence electrons. The van der Waals surface area contributed by atoms with E-state index in [4.69, 9.17) is 16.4 Å². The topological polar surface area (TPSA) is 94.0 Å². The molecule has 0 N–H and O–H groups in total. The van der Waals surface area contributed by atoms with E-state index in [1.165, 1.54) is 56.3 Å². The lowest BCUT2D eigenvalue weighted by atomic mass is 9.90. The van der Waals surface area contributed by atoms with Crippen LogP contribution < -0.4 is 9.64 Å². The Hall–Kier alpha value is -4.51. The maximum atomic E-state index is 13.5. The Bertz CT molecular complexity index is 1280. The number of carbonyl (C=O) groups is 3. The highest BCUT2D eigenvalue weighted by Crippen LogP contribution is 2.41. The summed E-state index contributed by atoms with van der Waals surface area (Å²) in [6, 6.07) is 8.85. The molecule has 1 aliphatic rings. The third kappa shape index (κ3) is 4.36. The second-order valence-corrected chi connectivity index (χ2v) is 7.91. The SMILES string of the molecule is C#CCN1C(=O)N(c2ccc(C#N)c(C(F)(F)F)c2)C(=O)C1(C)c1ccc(OC(=O)N(C)C)cc1. The molecule has 1 saturated heterocycles. The quantitative estimate of drug-likeness (QED) is 0.484. The molecule has 2 aromatic rings. The van der Waals surface area contributed by atoms with Crippen molar-refractivity contribution in [2.24, 2.45) is 0 Å². The maximum Gasteiger partial charge on any atom is 0.417 e. The van der Waals surface area contributed by atoms with E-state index in [0.29, 0.717) is 16.5 Å². The number of imide groups is 1. The van der Waals surface area contributed by atoms with Crippen molar-refractivity contribution in [2.75, 3.05) is 25.5 Å². The zero-order chi connectivity index (χ0) is 26.1. The lowest BCUT2D eigenvalue weighted by Crippen LogP contribution is -2.44. The predicted octanol–water partition coefficient (Wildman–Crippen LogP) is 3.95. The Kier molecular flexibility index (Phi) is 6.48. The third-order valence-corrected chi connectivity index (χ3v) is 5.50. The molecule has 3 rings (SSSR count). The molecule has 0 bridgehead atoms. The van der Waals surface area contributed by atoms with Gasteiger partial charge in [0.05, 0.1) is 29.4 Å². The number of anilines is 1. The first kappa shape index (κ1) is 25.1. The van der Waals surface area contributed by atoms with Crippen molar-refractivity contribution in [3.8, 4) is 24.2 Å². The summed E-state index contributed by atoms with van der Waals surface area (Å²) in [7, 11) is 3.00. The highest BCUT2D eigenvalue weighted by molar-refractivity contribution is 6.23. The zero-order valence-electron chi connectivity index (χ0n) is 18.9. The molecule has 0 aromatic heterocycles. The molecule has 4 amide bonds. The van der Waals surface area contributed by atoms with Gasteiger partial charge in [-0.15, -0.1) is 6.42 Å². The van der Waals surface area contributed by atoms with Gasteiger partial charge in [-0.05, 0) is 42.8 Å². The number of hydrogen-bond acceptors (Lipinski definition) is 5. The number of alkyl halides is 3. The third-order valence-electron chi connectivity index (χ3n) is 5.50. The number of nitrogens with zero attached hydrogens (tertiary/aromatic N) is 4. The largest absolute Gasteiger partial charge is 0.417 e. The summed E-state index contributed by atoms with van der Waals surface area (Å²) in [5.74, 6) is 1.63. The Morgan fingerprint density at radius 3 is 2.31 bits per heavy atom. The first-order chi connectivity index (χ1) is 16.4. The number of amides is 4. The average Bonchev–Trinajstić information content (AvgIpc) is 2.99. The standard InChI is InChI=1S/C24H19F3N4O4/c1-5-12-30-21(33)31(17-9-6-15(14-28)19(13-17)24(25,26)27)20(32)23(30,2)16-7-10-18(11-8-16)35-22(34)29(3)4/h1,6-11,13H,12H2,2-4H3. The number of ether oxygens (including phenoxy) is 1. The molecular formula is C24H19F3N4O4. The van der Waals surface area contributed by atoms with Crippen LogP contribution in [0.5, 0.6) is 5.75 Å². The number of nitriles is 1. The Morgan fingerprint density at radius 2 is 1.80 bits per heavy atom. The van der Waals surface area contributed by atoms with E-state index < -0.39 is 40.9 Å². The van der Waals surface area contributed by atoms with Crippen LogP contribution in [0.4, 0.5) is 28.4 Å². The highest BCUT2D eigenvalue weighted by atomic mass is 19.4.